The van der Waals surface area contributed by atoms with E-state index in [0.717, 1.165) is 39.5 Å². The zero-order chi connectivity index (χ0) is 22.3. The summed E-state index contributed by atoms with van der Waals surface area (Å²) < 4.78 is 5.60. The van der Waals surface area contributed by atoms with Gasteiger partial charge >= 0.3 is 0 Å². The van der Waals surface area contributed by atoms with Crippen molar-refractivity contribution in [3.63, 3.8) is 0 Å². The lowest BCUT2D eigenvalue weighted by atomic mass is 10.0. The number of methoxy groups -OCH3 is 1. The van der Waals surface area contributed by atoms with Crippen LogP contribution in [0.4, 0.5) is 11.5 Å². The van der Waals surface area contributed by atoms with Crippen molar-refractivity contribution in [1.82, 2.24) is 4.98 Å². The number of ether oxygens (including phenoxy) is 1. The molecule has 1 N–H and O–H groups in total. The number of pyridine rings is 1. The summed E-state index contributed by atoms with van der Waals surface area (Å²) in [6.45, 7) is 2.65. The molecule has 1 aromatic heterocycles. The number of aromatic nitrogens is 1. The Balaban J connectivity index is 1.67. The van der Waals surface area contributed by atoms with Gasteiger partial charge in [-0.15, -0.1) is 0 Å². The van der Waals surface area contributed by atoms with Gasteiger partial charge in [-0.1, -0.05) is 66.7 Å². The third-order valence-electron chi connectivity index (χ3n) is 5.15. The molecule has 1 heterocycles. The molecule has 32 heavy (non-hydrogen) atoms. The third-order valence-corrected chi connectivity index (χ3v) is 5.48. The van der Waals surface area contributed by atoms with Gasteiger partial charge in [-0.05, 0) is 65.7 Å². The number of hydrogen-bond acceptors (Lipinski definition) is 3. The van der Waals surface area contributed by atoms with Gasteiger partial charge in [-0.3, -0.25) is 4.90 Å². The maximum Gasteiger partial charge on any atom is 0.179 e. The molecule has 4 aromatic rings. The average Bonchev–Trinajstić information content (AvgIpc) is 2.83. The standard InChI is InChI=1S/C27H25N3OS/c1-20-15-16-28-26(17-20)30(19-21-9-5-3-6-10-21)27(32)29-24-18-23(13-14-25(24)31-2)22-11-7-4-8-12-22/h3-18H,19H2,1-2H3,(H,29,32). The van der Waals surface area contributed by atoms with E-state index in [0.29, 0.717) is 11.7 Å². The quantitative estimate of drug-likeness (QED) is 0.349. The first-order valence-corrected chi connectivity index (χ1v) is 10.8. The summed E-state index contributed by atoms with van der Waals surface area (Å²) in [6, 6.07) is 30.6. The van der Waals surface area contributed by atoms with Crippen molar-refractivity contribution in [1.29, 1.82) is 0 Å². The summed E-state index contributed by atoms with van der Waals surface area (Å²) in [6.07, 6.45) is 1.81. The van der Waals surface area contributed by atoms with Crippen LogP contribution in [0, 0.1) is 6.92 Å². The van der Waals surface area contributed by atoms with Crippen LogP contribution in [0.3, 0.4) is 0 Å². The second-order valence-corrected chi connectivity index (χ2v) is 7.86. The minimum atomic E-state index is 0.551. The molecule has 0 saturated carbocycles. The van der Waals surface area contributed by atoms with E-state index in [-0.39, 0.29) is 0 Å². The molecule has 0 saturated heterocycles. The van der Waals surface area contributed by atoms with Gasteiger partial charge in [0.15, 0.2) is 5.11 Å². The lowest BCUT2D eigenvalue weighted by Crippen LogP contribution is -2.35. The van der Waals surface area contributed by atoms with E-state index in [9.17, 15) is 0 Å². The maximum absolute atomic E-state index is 5.87. The highest BCUT2D eigenvalue weighted by Crippen LogP contribution is 2.31. The van der Waals surface area contributed by atoms with E-state index in [1.54, 1.807) is 7.11 Å². The van der Waals surface area contributed by atoms with Gasteiger partial charge in [0, 0.05) is 6.20 Å². The molecular weight excluding hydrogens is 414 g/mol. The van der Waals surface area contributed by atoms with Crippen molar-refractivity contribution in [3.05, 3.63) is 108 Å². The van der Waals surface area contributed by atoms with Crippen LogP contribution < -0.4 is 15.0 Å². The molecule has 0 radical (unpaired) electrons. The monoisotopic (exact) mass is 439 g/mol. The number of anilines is 2. The number of nitrogens with one attached hydrogen (secondary N) is 1. The van der Waals surface area contributed by atoms with Gasteiger partial charge in [0.1, 0.15) is 11.6 Å². The molecule has 0 aliphatic rings. The fourth-order valence-electron chi connectivity index (χ4n) is 3.49. The molecular formula is C27H25N3OS. The Morgan fingerprint density at radius 3 is 2.31 bits per heavy atom. The lowest BCUT2D eigenvalue weighted by Gasteiger charge is -2.26. The SMILES string of the molecule is COc1ccc(-c2ccccc2)cc1NC(=S)N(Cc1ccccc1)c1cc(C)ccn1. The summed E-state index contributed by atoms with van der Waals surface area (Å²) in [7, 11) is 1.66. The van der Waals surface area contributed by atoms with Crippen molar-refractivity contribution < 1.29 is 4.74 Å². The molecule has 0 bridgehead atoms. The molecule has 0 spiro atoms. The number of thiocarbonyl (C=S) groups is 1. The van der Waals surface area contributed by atoms with Gasteiger partial charge in [0.05, 0.1) is 19.3 Å². The predicted octanol–water partition coefficient (Wildman–Crippen LogP) is 6.47. The van der Waals surface area contributed by atoms with Crippen LogP contribution in [-0.2, 0) is 6.54 Å². The summed E-state index contributed by atoms with van der Waals surface area (Å²) in [5, 5.41) is 3.95. The predicted molar refractivity (Wildman–Crippen MR) is 136 cm³/mol. The van der Waals surface area contributed by atoms with Crippen LogP contribution in [0.1, 0.15) is 11.1 Å². The molecule has 3 aromatic carbocycles. The van der Waals surface area contributed by atoms with Crippen LogP contribution in [-0.4, -0.2) is 17.2 Å². The first kappa shape index (κ1) is 21.5. The fraction of sp³-hybridized carbons (Fsp3) is 0.111. The molecule has 0 aliphatic carbocycles. The van der Waals surface area contributed by atoms with Crippen molar-refractivity contribution in [2.24, 2.45) is 0 Å². The average molecular weight is 440 g/mol. The van der Waals surface area contributed by atoms with Crippen molar-refractivity contribution in [2.75, 3.05) is 17.3 Å². The fourth-order valence-corrected chi connectivity index (χ4v) is 3.76. The van der Waals surface area contributed by atoms with Crippen molar-refractivity contribution in [3.8, 4) is 16.9 Å². The Hall–Kier alpha value is -3.70. The highest BCUT2D eigenvalue weighted by atomic mass is 32.1. The minimum Gasteiger partial charge on any atom is -0.495 e. The smallest absolute Gasteiger partial charge is 0.179 e. The molecule has 0 fully saturated rings. The molecule has 0 atom stereocenters. The molecule has 4 rings (SSSR count). The van der Waals surface area contributed by atoms with E-state index in [4.69, 9.17) is 17.0 Å². The zero-order valence-corrected chi connectivity index (χ0v) is 19.0. The number of nitrogens with zero attached hydrogens (tertiary/aromatic N) is 2. The number of aryl methyl sites for hydroxylation is 1. The van der Waals surface area contributed by atoms with Crippen LogP contribution in [0.5, 0.6) is 5.75 Å². The van der Waals surface area contributed by atoms with Crippen molar-refractivity contribution >= 4 is 28.8 Å². The van der Waals surface area contributed by atoms with Crippen LogP contribution >= 0.6 is 12.2 Å². The van der Waals surface area contributed by atoms with Gasteiger partial charge < -0.3 is 10.1 Å². The largest absolute Gasteiger partial charge is 0.495 e. The van der Waals surface area contributed by atoms with Gasteiger partial charge in [0.25, 0.3) is 0 Å². The van der Waals surface area contributed by atoms with Gasteiger partial charge in [0.2, 0.25) is 0 Å². The Bertz CT molecular complexity index is 1200. The molecule has 4 nitrogen and oxygen atoms in total. The van der Waals surface area contributed by atoms with Gasteiger partial charge in [-0.2, -0.15) is 0 Å². The molecule has 160 valence electrons. The number of benzene rings is 3. The van der Waals surface area contributed by atoms with E-state index < -0.39 is 0 Å². The van der Waals surface area contributed by atoms with E-state index in [1.807, 2.05) is 71.8 Å². The molecule has 0 aliphatic heterocycles. The number of rotatable bonds is 6. The Kier molecular flexibility index (Phi) is 6.78. The van der Waals surface area contributed by atoms with E-state index >= 15 is 0 Å². The van der Waals surface area contributed by atoms with E-state index in [2.05, 4.69) is 47.6 Å². The van der Waals surface area contributed by atoms with E-state index in [1.165, 1.54) is 0 Å². The second-order valence-electron chi connectivity index (χ2n) is 7.47. The van der Waals surface area contributed by atoms with Crippen LogP contribution in [0.15, 0.2) is 97.2 Å². The van der Waals surface area contributed by atoms with Crippen LogP contribution in [0.25, 0.3) is 11.1 Å². The first-order valence-electron chi connectivity index (χ1n) is 10.4. The van der Waals surface area contributed by atoms with Crippen LogP contribution in [0.2, 0.25) is 0 Å². The minimum absolute atomic E-state index is 0.551. The molecule has 5 heteroatoms. The summed E-state index contributed by atoms with van der Waals surface area (Å²) >= 11 is 5.87. The topological polar surface area (TPSA) is 37.4 Å². The summed E-state index contributed by atoms with van der Waals surface area (Å²) in [5.41, 5.74) is 5.29. The summed E-state index contributed by atoms with van der Waals surface area (Å²) in [5.74, 6) is 1.52. The summed E-state index contributed by atoms with van der Waals surface area (Å²) in [4.78, 5) is 6.58. The highest BCUT2D eigenvalue weighted by molar-refractivity contribution is 7.80. The van der Waals surface area contributed by atoms with Crippen molar-refractivity contribution in [2.45, 2.75) is 13.5 Å². The number of hydrogen-bond donors (Lipinski definition) is 1. The molecule has 0 unspecified atom stereocenters. The third kappa shape index (κ3) is 5.13. The first-order chi connectivity index (χ1) is 15.6. The Labute approximate surface area is 194 Å². The maximum atomic E-state index is 5.87. The lowest BCUT2D eigenvalue weighted by molar-refractivity contribution is 0.417. The highest BCUT2D eigenvalue weighted by Gasteiger charge is 2.17. The Morgan fingerprint density at radius 1 is 0.906 bits per heavy atom. The van der Waals surface area contributed by atoms with Gasteiger partial charge in [-0.25, -0.2) is 4.98 Å². The zero-order valence-electron chi connectivity index (χ0n) is 18.2. The molecule has 0 amide bonds. The Morgan fingerprint density at radius 2 is 1.62 bits per heavy atom. The normalized spacial score (nSPS) is 10.4. The second kappa shape index (κ2) is 10.1.